The molecular weight excluding hydrogens is 136 g/mol. The summed E-state index contributed by atoms with van der Waals surface area (Å²) in [6.45, 7) is 3.62. The van der Waals surface area contributed by atoms with Crippen LogP contribution < -0.4 is 0 Å². The topological polar surface area (TPSA) is 36.7 Å². The molecule has 0 bridgehead atoms. The van der Waals surface area contributed by atoms with Crippen molar-refractivity contribution in [1.29, 1.82) is 5.26 Å². The average Bonchev–Trinajstić information content (AvgIpc) is 2.06. The van der Waals surface area contributed by atoms with Crippen molar-refractivity contribution in [2.24, 2.45) is 0 Å². The second-order valence-corrected chi connectivity index (χ2v) is 2.12. The molecule has 0 aliphatic carbocycles. The van der Waals surface area contributed by atoms with E-state index in [-0.39, 0.29) is 0 Å². The number of aromatic nitrogens is 1. The van der Waals surface area contributed by atoms with E-state index in [1.165, 1.54) is 0 Å². The minimum atomic E-state index is 0.363. The van der Waals surface area contributed by atoms with Crippen molar-refractivity contribution < 1.29 is 0 Å². The van der Waals surface area contributed by atoms with Gasteiger partial charge in [0.25, 0.3) is 0 Å². The van der Waals surface area contributed by atoms with Gasteiger partial charge in [0.05, 0.1) is 18.2 Å². The number of nitrogens with zero attached hydrogens (tertiary/aromatic N) is 2. The first-order chi connectivity index (χ1) is 5.36. The zero-order chi connectivity index (χ0) is 8.10. The molecule has 0 amide bonds. The maximum atomic E-state index is 8.37. The lowest BCUT2D eigenvalue weighted by Crippen LogP contribution is -1.86. The maximum absolute atomic E-state index is 8.37. The summed E-state index contributed by atoms with van der Waals surface area (Å²) in [5.41, 5.74) is 1.80. The van der Waals surface area contributed by atoms with E-state index in [1.54, 1.807) is 12.3 Å². The van der Waals surface area contributed by atoms with Crippen LogP contribution in [-0.2, 0) is 6.42 Å². The van der Waals surface area contributed by atoms with Gasteiger partial charge in [-0.1, -0.05) is 12.7 Å². The van der Waals surface area contributed by atoms with Gasteiger partial charge in [-0.05, 0) is 17.7 Å². The van der Waals surface area contributed by atoms with Crippen LogP contribution in [0.2, 0.25) is 0 Å². The molecule has 0 spiro atoms. The largest absolute Gasteiger partial charge is 0.260 e. The standard InChI is InChI=1S/C9H8N2/c1-2-8-4-6-11-9(7-8)3-5-10/h2,4,6-7H,1,3H2. The Morgan fingerprint density at radius 3 is 3.18 bits per heavy atom. The summed E-state index contributed by atoms with van der Waals surface area (Å²) in [6, 6.07) is 5.75. The molecule has 11 heavy (non-hydrogen) atoms. The summed E-state index contributed by atoms with van der Waals surface area (Å²) in [7, 11) is 0. The third kappa shape index (κ3) is 1.91. The molecule has 2 nitrogen and oxygen atoms in total. The van der Waals surface area contributed by atoms with Crippen LogP contribution >= 0.6 is 0 Å². The lowest BCUT2D eigenvalue weighted by atomic mass is 10.2. The number of pyridine rings is 1. The second-order valence-electron chi connectivity index (χ2n) is 2.12. The number of hydrogen-bond donors (Lipinski definition) is 0. The summed E-state index contributed by atoms with van der Waals surface area (Å²) in [6.07, 6.45) is 3.79. The van der Waals surface area contributed by atoms with Crippen molar-refractivity contribution in [2.45, 2.75) is 6.42 Å². The fourth-order valence-corrected chi connectivity index (χ4v) is 0.801. The SMILES string of the molecule is C=Cc1ccnc(CC#N)c1. The molecule has 0 saturated carbocycles. The van der Waals surface area contributed by atoms with Crippen molar-refractivity contribution >= 4 is 6.08 Å². The van der Waals surface area contributed by atoms with Crippen LogP contribution in [0.4, 0.5) is 0 Å². The fraction of sp³-hybridized carbons (Fsp3) is 0.111. The zero-order valence-corrected chi connectivity index (χ0v) is 6.12. The lowest BCUT2D eigenvalue weighted by Gasteiger charge is -1.94. The van der Waals surface area contributed by atoms with Gasteiger partial charge in [-0.25, -0.2) is 0 Å². The normalized spacial score (nSPS) is 8.64. The van der Waals surface area contributed by atoms with E-state index in [0.29, 0.717) is 6.42 Å². The summed E-state index contributed by atoms with van der Waals surface area (Å²) in [4.78, 5) is 4.01. The van der Waals surface area contributed by atoms with Crippen LogP contribution in [0.1, 0.15) is 11.3 Å². The summed E-state index contributed by atoms with van der Waals surface area (Å²) in [5.74, 6) is 0. The monoisotopic (exact) mass is 144 g/mol. The first kappa shape index (κ1) is 7.49. The van der Waals surface area contributed by atoms with Crippen molar-refractivity contribution in [3.05, 3.63) is 36.2 Å². The van der Waals surface area contributed by atoms with Crippen LogP contribution in [0.25, 0.3) is 6.08 Å². The van der Waals surface area contributed by atoms with Gasteiger partial charge in [0.1, 0.15) is 0 Å². The molecule has 0 aromatic carbocycles. The molecule has 0 radical (unpaired) electrons. The van der Waals surface area contributed by atoms with Gasteiger partial charge in [-0.15, -0.1) is 0 Å². The van der Waals surface area contributed by atoms with Crippen molar-refractivity contribution in [3.63, 3.8) is 0 Å². The molecule has 54 valence electrons. The van der Waals surface area contributed by atoms with Crippen molar-refractivity contribution in [3.8, 4) is 6.07 Å². The predicted octanol–water partition coefficient (Wildman–Crippen LogP) is 1.79. The van der Waals surface area contributed by atoms with Crippen LogP contribution in [0.15, 0.2) is 24.9 Å². The summed E-state index contributed by atoms with van der Waals surface area (Å²) in [5, 5.41) is 8.37. The molecule has 0 fully saturated rings. The smallest absolute Gasteiger partial charge is 0.0774 e. The van der Waals surface area contributed by atoms with Gasteiger partial charge < -0.3 is 0 Å². The number of nitriles is 1. The Morgan fingerprint density at radius 1 is 1.73 bits per heavy atom. The molecule has 0 N–H and O–H groups in total. The Hall–Kier alpha value is -1.62. The van der Waals surface area contributed by atoms with Crippen LogP contribution in [0.5, 0.6) is 0 Å². The predicted molar refractivity (Wildman–Crippen MR) is 43.6 cm³/mol. The molecule has 1 heterocycles. The molecule has 0 atom stereocenters. The Kier molecular flexibility index (Phi) is 2.40. The van der Waals surface area contributed by atoms with E-state index < -0.39 is 0 Å². The second kappa shape index (κ2) is 3.52. The quantitative estimate of drug-likeness (QED) is 0.634. The highest BCUT2D eigenvalue weighted by Crippen LogP contribution is 2.02. The highest BCUT2D eigenvalue weighted by Gasteiger charge is 1.92. The minimum Gasteiger partial charge on any atom is -0.260 e. The van der Waals surface area contributed by atoms with Crippen molar-refractivity contribution in [2.75, 3.05) is 0 Å². The summed E-state index contributed by atoms with van der Waals surface area (Å²) >= 11 is 0. The number of hydrogen-bond acceptors (Lipinski definition) is 2. The molecule has 1 aromatic heterocycles. The Morgan fingerprint density at radius 2 is 2.55 bits per heavy atom. The van der Waals surface area contributed by atoms with Gasteiger partial charge >= 0.3 is 0 Å². The van der Waals surface area contributed by atoms with E-state index >= 15 is 0 Å². The molecular formula is C9H8N2. The highest BCUT2D eigenvalue weighted by molar-refractivity contribution is 5.46. The summed E-state index contributed by atoms with van der Waals surface area (Å²) < 4.78 is 0. The third-order valence-electron chi connectivity index (χ3n) is 1.34. The van der Waals surface area contributed by atoms with Gasteiger partial charge in [-0.3, -0.25) is 4.98 Å². The molecule has 1 aromatic rings. The van der Waals surface area contributed by atoms with Crippen LogP contribution in [-0.4, -0.2) is 4.98 Å². The van der Waals surface area contributed by atoms with E-state index in [2.05, 4.69) is 11.6 Å². The molecule has 0 saturated heterocycles. The van der Waals surface area contributed by atoms with Gasteiger partial charge in [0, 0.05) is 6.20 Å². The third-order valence-corrected chi connectivity index (χ3v) is 1.34. The Balaban J connectivity index is 2.93. The van der Waals surface area contributed by atoms with E-state index in [9.17, 15) is 0 Å². The van der Waals surface area contributed by atoms with E-state index in [4.69, 9.17) is 5.26 Å². The zero-order valence-electron chi connectivity index (χ0n) is 6.12. The van der Waals surface area contributed by atoms with E-state index in [0.717, 1.165) is 11.3 Å². The lowest BCUT2D eigenvalue weighted by molar-refractivity contribution is 1.11. The molecule has 2 heteroatoms. The first-order valence-corrected chi connectivity index (χ1v) is 3.31. The maximum Gasteiger partial charge on any atom is 0.0774 e. The molecule has 1 rings (SSSR count). The Labute approximate surface area is 65.8 Å². The fourth-order valence-electron chi connectivity index (χ4n) is 0.801. The van der Waals surface area contributed by atoms with E-state index in [1.807, 2.05) is 18.2 Å². The molecule has 0 unspecified atom stereocenters. The minimum absolute atomic E-state index is 0.363. The van der Waals surface area contributed by atoms with Crippen molar-refractivity contribution in [1.82, 2.24) is 4.98 Å². The van der Waals surface area contributed by atoms with Gasteiger partial charge in [0.15, 0.2) is 0 Å². The van der Waals surface area contributed by atoms with Crippen LogP contribution in [0.3, 0.4) is 0 Å². The highest BCUT2D eigenvalue weighted by atomic mass is 14.7. The van der Waals surface area contributed by atoms with Gasteiger partial charge in [-0.2, -0.15) is 5.26 Å². The number of rotatable bonds is 2. The molecule has 0 aliphatic rings. The van der Waals surface area contributed by atoms with Crippen LogP contribution in [0, 0.1) is 11.3 Å². The first-order valence-electron chi connectivity index (χ1n) is 3.31. The molecule has 0 aliphatic heterocycles. The average molecular weight is 144 g/mol. The Bertz CT molecular complexity index is 297. The van der Waals surface area contributed by atoms with Gasteiger partial charge in [0.2, 0.25) is 0 Å².